The second kappa shape index (κ2) is 9.48. The number of halogens is 2. The third kappa shape index (κ3) is 5.94. The molecule has 1 atom stereocenters. The van der Waals surface area contributed by atoms with Gasteiger partial charge in [0.1, 0.15) is 5.82 Å². The number of hydrogen-bond donors (Lipinski definition) is 0. The van der Waals surface area contributed by atoms with Gasteiger partial charge in [-0.25, -0.2) is 4.39 Å². The van der Waals surface area contributed by atoms with Gasteiger partial charge in [-0.15, -0.1) is 0 Å². The van der Waals surface area contributed by atoms with Gasteiger partial charge in [0, 0.05) is 11.9 Å². The summed E-state index contributed by atoms with van der Waals surface area (Å²) in [5.41, 5.74) is 0.974. The summed E-state index contributed by atoms with van der Waals surface area (Å²) in [6.45, 7) is 4.08. The van der Waals surface area contributed by atoms with Crippen LogP contribution in [0.2, 0.25) is 0 Å². The molecule has 18 heavy (non-hydrogen) atoms. The molecule has 102 valence electrons. The van der Waals surface area contributed by atoms with E-state index < -0.39 is 0 Å². The summed E-state index contributed by atoms with van der Waals surface area (Å²) in [6.07, 6.45) is 2.17. The molecule has 0 aliphatic carbocycles. The highest BCUT2D eigenvalue weighted by Gasteiger charge is 2.10. The average molecular weight is 319 g/mol. The minimum Gasteiger partial charge on any atom is -0.379 e. The van der Waals surface area contributed by atoms with Crippen molar-refractivity contribution in [2.24, 2.45) is 0 Å². The fraction of sp³-hybridized carbons (Fsp3) is 0.571. The number of ether oxygens (including phenoxy) is 2. The highest BCUT2D eigenvalue weighted by molar-refractivity contribution is 9.09. The topological polar surface area (TPSA) is 18.5 Å². The molecule has 2 nitrogen and oxygen atoms in total. The molecule has 1 aromatic rings. The van der Waals surface area contributed by atoms with Crippen LogP contribution < -0.4 is 0 Å². The Balaban J connectivity index is 2.27. The van der Waals surface area contributed by atoms with Crippen LogP contribution in [0.3, 0.4) is 0 Å². The van der Waals surface area contributed by atoms with Crippen molar-refractivity contribution < 1.29 is 13.9 Å². The van der Waals surface area contributed by atoms with Crippen molar-refractivity contribution in [1.82, 2.24) is 0 Å². The zero-order valence-corrected chi connectivity index (χ0v) is 12.3. The number of unbranched alkanes of at least 4 members (excludes halogenated alkanes) is 1. The van der Waals surface area contributed by atoms with E-state index in [0.717, 1.165) is 25.0 Å². The van der Waals surface area contributed by atoms with Gasteiger partial charge in [-0.05, 0) is 24.1 Å². The van der Waals surface area contributed by atoms with E-state index in [9.17, 15) is 4.39 Å². The second-order valence-electron chi connectivity index (χ2n) is 4.03. The molecule has 0 fully saturated rings. The molecule has 1 rings (SSSR count). The molecule has 4 heteroatoms. The molecule has 0 bridgehead atoms. The first kappa shape index (κ1) is 15.6. The molecule has 0 heterocycles. The first-order valence-electron chi connectivity index (χ1n) is 6.28. The fourth-order valence-corrected chi connectivity index (χ4v) is 2.07. The van der Waals surface area contributed by atoms with Crippen molar-refractivity contribution in [2.75, 3.05) is 25.2 Å². The molecule has 0 aliphatic rings. The Kier molecular flexibility index (Phi) is 8.22. The van der Waals surface area contributed by atoms with Gasteiger partial charge in [-0.3, -0.25) is 0 Å². The summed E-state index contributed by atoms with van der Waals surface area (Å²) in [7, 11) is 0. The van der Waals surface area contributed by atoms with Crippen LogP contribution in [0.1, 0.15) is 31.4 Å². The van der Waals surface area contributed by atoms with Crippen LogP contribution >= 0.6 is 15.9 Å². The van der Waals surface area contributed by atoms with Crippen LogP contribution in [0, 0.1) is 5.82 Å². The van der Waals surface area contributed by atoms with Gasteiger partial charge in [0.15, 0.2) is 0 Å². The van der Waals surface area contributed by atoms with E-state index in [4.69, 9.17) is 9.47 Å². The molecule has 0 spiro atoms. The Morgan fingerprint density at radius 3 is 2.50 bits per heavy atom. The van der Waals surface area contributed by atoms with E-state index in [-0.39, 0.29) is 11.9 Å². The lowest BCUT2D eigenvalue weighted by atomic mass is 10.1. The van der Waals surface area contributed by atoms with Gasteiger partial charge in [-0.2, -0.15) is 0 Å². The van der Waals surface area contributed by atoms with E-state index in [1.54, 1.807) is 12.1 Å². The standard InChI is InChI=1S/C14H20BrFO2/c1-2-3-8-17-9-10-18-14(11-15)12-4-6-13(16)7-5-12/h4-7,14H,2-3,8-11H2,1H3. The Bertz CT molecular complexity index is 316. The van der Waals surface area contributed by atoms with Gasteiger partial charge in [0.05, 0.1) is 19.3 Å². The molecule has 0 amide bonds. The quantitative estimate of drug-likeness (QED) is 0.504. The molecule has 0 saturated heterocycles. The summed E-state index contributed by atoms with van der Waals surface area (Å²) in [4.78, 5) is 0. The van der Waals surface area contributed by atoms with Crippen molar-refractivity contribution in [2.45, 2.75) is 25.9 Å². The van der Waals surface area contributed by atoms with Gasteiger partial charge in [0.2, 0.25) is 0 Å². The maximum absolute atomic E-state index is 12.8. The van der Waals surface area contributed by atoms with Crippen molar-refractivity contribution in [3.05, 3.63) is 35.6 Å². The monoisotopic (exact) mass is 318 g/mol. The lowest BCUT2D eigenvalue weighted by Crippen LogP contribution is -2.11. The minimum absolute atomic E-state index is 0.0552. The Morgan fingerprint density at radius 1 is 1.17 bits per heavy atom. The second-order valence-corrected chi connectivity index (χ2v) is 4.68. The number of rotatable bonds is 9. The Labute approximate surface area is 117 Å². The SMILES string of the molecule is CCCCOCCOC(CBr)c1ccc(F)cc1. The smallest absolute Gasteiger partial charge is 0.123 e. The number of hydrogen-bond acceptors (Lipinski definition) is 2. The van der Waals surface area contributed by atoms with Crippen molar-refractivity contribution in [3.63, 3.8) is 0 Å². The third-order valence-corrected chi connectivity index (χ3v) is 3.16. The summed E-state index contributed by atoms with van der Waals surface area (Å²) in [5.74, 6) is -0.227. The summed E-state index contributed by atoms with van der Waals surface area (Å²) < 4.78 is 23.9. The van der Waals surface area contributed by atoms with E-state index >= 15 is 0 Å². The van der Waals surface area contributed by atoms with Gasteiger partial charge in [0.25, 0.3) is 0 Å². The van der Waals surface area contributed by atoms with Crippen molar-refractivity contribution >= 4 is 15.9 Å². The summed E-state index contributed by atoms with van der Waals surface area (Å²) in [5, 5.41) is 0.688. The van der Waals surface area contributed by atoms with Crippen LogP contribution in [-0.4, -0.2) is 25.2 Å². The van der Waals surface area contributed by atoms with E-state index in [0.29, 0.717) is 18.5 Å². The third-order valence-electron chi connectivity index (χ3n) is 2.57. The van der Waals surface area contributed by atoms with Crippen LogP contribution in [-0.2, 0) is 9.47 Å². The molecular weight excluding hydrogens is 299 g/mol. The lowest BCUT2D eigenvalue weighted by Gasteiger charge is -2.15. The lowest BCUT2D eigenvalue weighted by molar-refractivity contribution is 0.0133. The molecule has 0 aliphatic heterocycles. The highest BCUT2D eigenvalue weighted by Crippen LogP contribution is 2.19. The normalized spacial score (nSPS) is 12.6. The molecule has 0 saturated carbocycles. The fourth-order valence-electron chi connectivity index (χ4n) is 1.51. The molecule has 1 unspecified atom stereocenters. The molecule has 1 aromatic carbocycles. The maximum atomic E-state index is 12.8. The van der Waals surface area contributed by atoms with E-state index in [2.05, 4.69) is 22.9 Å². The largest absolute Gasteiger partial charge is 0.379 e. The van der Waals surface area contributed by atoms with Gasteiger partial charge < -0.3 is 9.47 Å². The summed E-state index contributed by atoms with van der Waals surface area (Å²) >= 11 is 3.41. The molecule has 0 radical (unpaired) electrons. The average Bonchev–Trinajstić information content (AvgIpc) is 2.39. The zero-order chi connectivity index (χ0) is 13.2. The van der Waals surface area contributed by atoms with Crippen LogP contribution in [0.15, 0.2) is 24.3 Å². The van der Waals surface area contributed by atoms with Gasteiger partial charge in [-0.1, -0.05) is 41.4 Å². The molecule has 0 aromatic heterocycles. The first-order valence-corrected chi connectivity index (χ1v) is 7.40. The zero-order valence-electron chi connectivity index (χ0n) is 10.7. The van der Waals surface area contributed by atoms with Crippen molar-refractivity contribution in [1.29, 1.82) is 0 Å². The number of alkyl halides is 1. The van der Waals surface area contributed by atoms with Crippen molar-refractivity contribution in [3.8, 4) is 0 Å². The Hall–Kier alpha value is -0.450. The predicted octanol–water partition coefficient (Wildman–Crippen LogP) is 4.10. The van der Waals surface area contributed by atoms with Gasteiger partial charge >= 0.3 is 0 Å². The predicted molar refractivity (Wildman–Crippen MR) is 74.6 cm³/mol. The maximum Gasteiger partial charge on any atom is 0.123 e. The van der Waals surface area contributed by atoms with Crippen LogP contribution in [0.5, 0.6) is 0 Å². The minimum atomic E-state index is -0.227. The Morgan fingerprint density at radius 2 is 1.89 bits per heavy atom. The summed E-state index contributed by atoms with van der Waals surface area (Å²) in [6, 6.07) is 6.40. The first-order chi connectivity index (χ1) is 8.77. The van der Waals surface area contributed by atoms with E-state index in [1.807, 2.05) is 0 Å². The van der Waals surface area contributed by atoms with E-state index in [1.165, 1.54) is 12.1 Å². The van der Waals surface area contributed by atoms with Crippen LogP contribution in [0.4, 0.5) is 4.39 Å². The highest BCUT2D eigenvalue weighted by atomic mass is 79.9. The molecular formula is C14H20BrFO2. The number of benzene rings is 1. The molecule has 0 N–H and O–H groups in total. The van der Waals surface area contributed by atoms with Crippen LogP contribution in [0.25, 0.3) is 0 Å².